The molecule has 1 aliphatic carbocycles. The molecule has 2 aromatic carbocycles. The minimum atomic E-state index is -1.34. The number of hydrogen-bond acceptors (Lipinski definition) is 7. The van der Waals surface area contributed by atoms with Gasteiger partial charge in [-0.05, 0) is 43.9 Å². The molecule has 0 aromatic heterocycles. The average Bonchev–Trinajstić information content (AvgIpc) is 3.00. The van der Waals surface area contributed by atoms with Gasteiger partial charge in [0, 0.05) is 5.56 Å². The summed E-state index contributed by atoms with van der Waals surface area (Å²) in [7, 11) is 0. The summed E-state index contributed by atoms with van der Waals surface area (Å²) in [6.07, 6.45) is 5.55. The van der Waals surface area contributed by atoms with E-state index in [-0.39, 0.29) is 25.7 Å². The summed E-state index contributed by atoms with van der Waals surface area (Å²) in [5.74, 6) is -3.46. The number of aryl methyl sites for hydroxylation is 1. The zero-order valence-electron chi connectivity index (χ0n) is 24.4. The zero-order chi connectivity index (χ0) is 30.3. The van der Waals surface area contributed by atoms with Crippen molar-refractivity contribution in [1.82, 2.24) is 16.0 Å². The molecule has 1 saturated carbocycles. The number of nitrogens with one attached hydrogen (secondary N) is 3. The van der Waals surface area contributed by atoms with Gasteiger partial charge in [0.1, 0.15) is 18.6 Å². The fourth-order valence-electron chi connectivity index (χ4n) is 4.87. The maximum Gasteiger partial charge on any atom is 0.325 e. The second kappa shape index (κ2) is 17.0. The van der Waals surface area contributed by atoms with Gasteiger partial charge < -0.3 is 25.4 Å². The fraction of sp³-hybridized carbons (Fsp3) is 0.469. The van der Waals surface area contributed by atoms with Gasteiger partial charge in [0.25, 0.3) is 11.8 Å². The molecule has 1 fully saturated rings. The summed E-state index contributed by atoms with van der Waals surface area (Å²) in [6, 6.07) is 14.0. The number of rotatable bonds is 15. The van der Waals surface area contributed by atoms with Gasteiger partial charge in [0.05, 0.1) is 19.8 Å². The van der Waals surface area contributed by atoms with Gasteiger partial charge in [0.15, 0.2) is 0 Å². The first-order valence-corrected chi connectivity index (χ1v) is 14.5. The summed E-state index contributed by atoms with van der Waals surface area (Å²) >= 11 is 0. The van der Waals surface area contributed by atoms with Gasteiger partial charge in [-0.15, -0.1) is 0 Å². The summed E-state index contributed by atoms with van der Waals surface area (Å²) in [5, 5.41) is 7.73. The molecule has 10 nitrogen and oxygen atoms in total. The third-order valence-electron chi connectivity index (χ3n) is 7.18. The third kappa shape index (κ3) is 10.7. The van der Waals surface area contributed by atoms with Crippen LogP contribution in [-0.2, 0) is 35.3 Å². The molecule has 0 heterocycles. The van der Waals surface area contributed by atoms with Crippen molar-refractivity contribution in [3.63, 3.8) is 0 Å². The average molecular weight is 580 g/mol. The molecular weight excluding hydrogens is 538 g/mol. The fourth-order valence-corrected chi connectivity index (χ4v) is 4.87. The van der Waals surface area contributed by atoms with E-state index >= 15 is 0 Å². The van der Waals surface area contributed by atoms with Crippen molar-refractivity contribution in [3.05, 3.63) is 71.3 Å². The lowest BCUT2D eigenvalue weighted by Crippen LogP contribution is -2.56. The zero-order valence-corrected chi connectivity index (χ0v) is 24.4. The maximum atomic E-state index is 13.6. The van der Waals surface area contributed by atoms with Crippen LogP contribution in [0, 0.1) is 12.8 Å². The SMILES string of the molecule is CCOC(=O)CNC(=O)C(=O)C(COCc1ccccc1)NC(=O)[C@@H](CC1CCCCC1)NC(=O)c1ccc(C)cc1. The Labute approximate surface area is 246 Å². The minimum absolute atomic E-state index is 0.130. The lowest BCUT2D eigenvalue weighted by Gasteiger charge is -2.28. The van der Waals surface area contributed by atoms with Crippen molar-refractivity contribution in [2.75, 3.05) is 19.8 Å². The summed E-state index contributed by atoms with van der Waals surface area (Å²) in [6.45, 7) is 3.06. The highest BCUT2D eigenvalue weighted by atomic mass is 16.5. The van der Waals surface area contributed by atoms with E-state index in [1.165, 1.54) is 0 Å². The molecule has 42 heavy (non-hydrogen) atoms. The number of ether oxygens (including phenoxy) is 2. The highest BCUT2D eigenvalue weighted by molar-refractivity contribution is 6.38. The Balaban J connectivity index is 1.74. The number of carbonyl (C=O) groups is 5. The first kappa shape index (κ1) is 32.5. The summed E-state index contributed by atoms with van der Waals surface area (Å²) in [5.41, 5.74) is 2.27. The molecule has 3 rings (SSSR count). The lowest BCUT2D eigenvalue weighted by molar-refractivity contribution is -0.146. The normalized spacial score (nSPS) is 14.7. The van der Waals surface area contributed by atoms with Crippen LogP contribution in [0.25, 0.3) is 0 Å². The van der Waals surface area contributed by atoms with E-state index in [0.717, 1.165) is 43.2 Å². The van der Waals surface area contributed by atoms with Gasteiger partial charge in [-0.1, -0.05) is 80.1 Å². The molecule has 0 spiro atoms. The largest absolute Gasteiger partial charge is 0.465 e. The van der Waals surface area contributed by atoms with Gasteiger partial charge in [-0.25, -0.2) is 0 Å². The van der Waals surface area contributed by atoms with Crippen molar-refractivity contribution < 1.29 is 33.4 Å². The molecule has 10 heteroatoms. The van der Waals surface area contributed by atoms with Gasteiger partial charge in [-0.2, -0.15) is 0 Å². The Hall–Kier alpha value is -4.05. The van der Waals surface area contributed by atoms with Crippen LogP contribution in [0.2, 0.25) is 0 Å². The maximum absolute atomic E-state index is 13.6. The Morgan fingerprint density at radius 1 is 0.881 bits per heavy atom. The van der Waals surface area contributed by atoms with E-state index in [9.17, 15) is 24.0 Å². The lowest BCUT2D eigenvalue weighted by atomic mass is 9.84. The standard InChI is InChI=1S/C32H41N3O7/c1-3-42-28(36)19-33-32(40)29(37)27(21-41-20-24-12-8-5-9-13-24)35-31(39)26(18-23-10-6-4-7-11-23)34-30(38)25-16-14-22(2)15-17-25/h5,8-9,12-17,23,26-27H,3-4,6-7,10-11,18-21H2,1-2H3,(H,33,40)(H,34,38)(H,35,39)/t26-,27?/m1/s1. The number of Topliss-reactive ketones (excluding diaryl/α,β-unsaturated/α-hetero) is 1. The molecular formula is C32H41N3O7. The second-order valence-electron chi connectivity index (χ2n) is 10.5. The van der Waals surface area contributed by atoms with Crippen LogP contribution >= 0.6 is 0 Å². The topological polar surface area (TPSA) is 140 Å². The number of ketones is 1. The smallest absolute Gasteiger partial charge is 0.325 e. The van der Waals surface area contributed by atoms with Crippen LogP contribution in [0.4, 0.5) is 0 Å². The summed E-state index contributed by atoms with van der Waals surface area (Å²) < 4.78 is 10.5. The first-order chi connectivity index (χ1) is 20.3. The molecule has 0 radical (unpaired) electrons. The van der Waals surface area contributed by atoms with E-state index in [4.69, 9.17) is 9.47 Å². The molecule has 0 saturated heterocycles. The van der Waals surface area contributed by atoms with Gasteiger partial charge in [0.2, 0.25) is 11.7 Å². The molecule has 1 aliphatic rings. The molecule has 0 bridgehead atoms. The number of esters is 1. The van der Waals surface area contributed by atoms with Crippen LogP contribution in [0.15, 0.2) is 54.6 Å². The Kier molecular flexibility index (Phi) is 13.2. The third-order valence-corrected chi connectivity index (χ3v) is 7.18. The van der Waals surface area contributed by atoms with Crippen LogP contribution < -0.4 is 16.0 Å². The Morgan fingerprint density at radius 3 is 2.24 bits per heavy atom. The quantitative estimate of drug-likeness (QED) is 0.218. The van der Waals surface area contributed by atoms with E-state index in [0.29, 0.717) is 12.0 Å². The van der Waals surface area contributed by atoms with E-state index < -0.39 is 48.1 Å². The minimum Gasteiger partial charge on any atom is -0.465 e. The van der Waals surface area contributed by atoms with Crippen molar-refractivity contribution in [3.8, 4) is 0 Å². The number of carbonyl (C=O) groups excluding carboxylic acids is 5. The monoisotopic (exact) mass is 579 g/mol. The van der Waals surface area contributed by atoms with Crippen LogP contribution in [0.5, 0.6) is 0 Å². The van der Waals surface area contributed by atoms with E-state index in [2.05, 4.69) is 16.0 Å². The molecule has 2 aromatic rings. The van der Waals surface area contributed by atoms with Crippen LogP contribution in [0.3, 0.4) is 0 Å². The number of hydrogen-bond donors (Lipinski definition) is 3. The molecule has 3 amide bonds. The van der Waals surface area contributed by atoms with E-state index in [1.54, 1.807) is 19.1 Å². The Bertz CT molecular complexity index is 1190. The van der Waals surface area contributed by atoms with Crippen LogP contribution in [0.1, 0.15) is 66.9 Å². The second-order valence-corrected chi connectivity index (χ2v) is 10.5. The number of benzene rings is 2. The van der Waals surface area contributed by atoms with Gasteiger partial charge in [-0.3, -0.25) is 24.0 Å². The predicted molar refractivity (Wildman–Crippen MR) is 156 cm³/mol. The molecule has 2 atom stereocenters. The molecule has 1 unspecified atom stereocenters. The van der Waals surface area contributed by atoms with Crippen molar-refractivity contribution in [2.45, 2.75) is 71.1 Å². The van der Waals surface area contributed by atoms with Crippen molar-refractivity contribution >= 4 is 29.5 Å². The van der Waals surface area contributed by atoms with Crippen molar-refractivity contribution in [2.24, 2.45) is 5.92 Å². The highest BCUT2D eigenvalue weighted by Gasteiger charge is 2.32. The molecule has 3 N–H and O–H groups in total. The Morgan fingerprint density at radius 2 is 1.57 bits per heavy atom. The number of amides is 3. The highest BCUT2D eigenvalue weighted by Crippen LogP contribution is 2.27. The molecule has 226 valence electrons. The van der Waals surface area contributed by atoms with Gasteiger partial charge >= 0.3 is 5.97 Å². The van der Waals surface area contributed by atoms with E-state index in [1.807, 2.05) is 49.4 Å². The summed E-state index contributed by atoms with van der Waals surface area (Å²) in [4.78, 5) is 64.2. The first-order valence-electron chi connectivity index (χ1n) is 14.5. The molecule has 0 aliphatic heterocycles. The van der Waals surface area contributed by atoms with Crippen molar-refractivity contribution in [1.29, 1.82) is 0 Å². The van der Waals surface area contributed by atoms with Crippen LogP contribution in [-0.4, -0.2) is 61.3 Å². The predicted octanol–water partition coefficient (Wildman–Crippen LogP) is 3.01.